The van der Waals surface area contributed by atoms with Crippen LogP contribution in [0.5, 0.6) is 11.5 Å². The molecule has 5 nitrogen and oxygen atoms in total. The van der Waals surface area contributed by atoms with Gasteiger partial charge in [-0.05, 0) is 63.2 Å². The van der Waals surface area contributed by atoms with Crippen molar-refractivity contribution in [2.24, 2.45) is 0 Å². The van der Waals surface area contributed by atoms with Crippen LogP contribution in [0, 0.1) is 0 Å². The fraction of sp³-hybridized carbons (Fsp3) is 0.350. The summed E-state index contributed by atoms with van der Waals surface area (Å²) in [7, 11) is 0. The molecule has 1 aliphatic heterocycles. The van der Waals surface area contributed by atoms with E-state index < -0.39 is 5.60 Å². The summed E-state index contributed by atoms with van der Waals surface area (Å²) in [6.45, 7) is 4.29. The lowest BCUT2D eigenvalue weighted by atomic mass is 9.84. The predicted octanol–water partition coefficient (Wildman–Crippen LogP) is 3.88. The minimum absolute atomic E-state index is 0.431. The van der Waals surface area contributed by atoms with E-state index in [9.17, 15) is 9.90 Å². The van der Waals surface area contributed by atoms with Crippen LogP contribution in [-0.4, -0.2) is 31.3 Å². The van der Waals surface area contributed by atoms with Crippen molar-refractivity contribution in [3.63, 3.8) is 0 Å². The van der Waals surface area contributed by atoms with Crippen LogP contribution in [0.1, 0.15) is 25.3 Å². The van der Waals surface area contributed by atoms with Crippen LogP contribution in [0.2, 0.25) is 5.02 Å². The Kier molecular flexibility index (Phi) is 7.91. The van der Waals surface area contributed by atoms with Gasteiger partial charge >= 0.3 is 0 Å². The summed E-state index contributed by atoms with van der Waals surface area (Å²) in [6, 6.07) is 14.9. The molecule has 26 heavy (non-hydrogen) atoms. The first-order valence-electron chi connectivity index (χ1n) is 8.60. The molecule has 1 heterocycles. The molecule has 0 saturated carbocycles. The average molecular weight is 378 g/mol. The van der Waals surface area contributed by atoms with E-state index in [0.29, 0.717) is 42.4 Å². The number of rotatable bonds is 5. The first-order chi connectivity index (χ1) is 12.6. The van der Waals surface area contributed by atoms with E-state index in [0.717, 1.165) is 18.7 Å². The monoisotopic (exact) mass is 377 g/mol. The van der Waals surface area contributed by atoms with E-state index in [2.05, 4.69) is 10.1 Å². The smallest absolute Gasteiger partial charge is 0.293 e. The number of aliphatic hydroxyl groups is 1. The third kappa shape index (κ3) is 5.73. The van der Waals surface area contributed by atoms with Crippen molar-refractivity contribution in [1.29, 1.82) is 0 Å². The topological polar surface area (TPSA) is 67.8 Å². The van der Waals surface area contributed by atoms with E-state index in [1.165, 1.54) is 0 Å². The van der Waals surface area contributed by atoms with Gasteiger partial charge < -0.3 is 19.9 Å². The Morgan fingerprint density at radius 1 is 1.15 bits per heavy atom. The molecule has 3 rings (SSSR count). The number of halogens is 1. The first kappa shape index (κ1) is 20.2. The van der Waals surface area contributed by atoms with Gasteiger partial charge in [0, 0.05) is 10.6 Å². The number of carbonyl (C=O) groups excluding carboxylic acids is 1. The lowest BCUT2D eigenvalue weighted by Gasteiger charge is -2.34. The lowest BCUT2D eigenvalue weighted by molar-refractivity contribution is -0.128. The molecule has 1 fully saturated rings. The zero-order chi connectivity index (χ0) is 18.8. The highest BCUT2D eigenvalue weighted by Gasteiger charge is 2.33. The van der Waals surface area contributed by atoms with Gasteiger partial charge in [-0.15, -0.1) is 0 Å². The molecule has 1 aliphatic rings. The normalized spacial score (nSPS) is 15.3. The molecule has 6 heteroatoms. The summed E-state index contributed by atoms with van der Waals surface area (Å²) < 4.78 is 10.1. The maximum absolute atomic E-state index is 10.9. The number of carbonyl (C=O) groups is 1. The molecular formula is C20H24ClNO4. The van der Waals surface area contributed by atoms with Gasteiger partial charge in [-0.3, -0.25) is 4.79 Å². The van der Waals surface area contributed by atoms with Crippen LogP contribution in [0.25, 0.3) is 0 Å². The van der Waals surface area contributed by atoms with Crippen LogP contribution >= 0.6 is 11.6 Å². The summed E-state index contributed by atoms with van der Waals surface area (Å²) in [5.41, 5.74) is 0.0234. The number of hydrogen-bond donors (Lipinski definition) is 2. The Morgan fingerprint density at radius 3 is 2.38 bits per heavy atom. The maximum Gasteiger partial charge on any atom is 0.293 e. The number of hydrogen-bond acceptors (Lipinski definition) is 5. The molecule has 2 N–H and O–H groups in total. The fourth-order valence-electron chi connectivity index (χ4n) is 2.75. The van der Waals surface area contributed by atoms with Crippen LogP contribution < -0.4 is 10.1 Å². The molecule has 0 spiro atoms. The summed E-state index contributed by atoms with van der Waals surface area (Å²) in [4.78, 5) is 9.18. The second kappa shape index (κ2) is 10.2. The summed E-state index contributed by atoms with van der Waals surface area (Å²) >= 11 is 5.89. The number of ether oxygens (including phenoxy) is 2. The van der Waals surface area contributed by atoms with Crippen LogP contribution in [0.3, 0.4) is 0 Å². The standard InChI is InChI=1S/C17H18ClNO2.C3H6O2/c18-13-5-7-14(8-6-13)21-16-4-2-1-3-15(16)17(20)9-11-19-12-10-17;1-2-5-3-4/h1-8,19-20H,9-12H2;3H,2H2,1H3. The number of nitrogens with one attached hydrogen (secondary N) is 1. The Hall–Kier alpha value is -2.08. The molecule has 0 atom stereocenters. The molecule has 0 aliphatic carbocycles. The molecule has 0 radical (unpaired) electrons. The van der Waals surface area contributed by atoms with E-state index in [1.807, 2.05) is 36.4 Å². The predicted molar refractivity (Wildman–Crippen MR) is 102 cm³/mol. The van der Waals surface area contributed by atoms with Gasteiger partial charge in [0.2, 0.25) is 0 Å². The van der Waals surface area contributed by atoms with Gasteiger partial charge in [0.1, 0.15) is 11.5 Å². The number of para-hydroxylation sites is 1. The number of benzene rings is 2. The molecule has 2 aromatic rings. The summed E-state index contributed by atoms with van der Waals surface area (Å²) in [6.07, 6.45) is 1.38. The van der Waals surface area contributed by atoms with Crippen LogP contribution in [-0.2, 0) is 15.1 Å². The highest BCUT2D eigenvalue weighted by atomic mass is 35.5. The summed E-state index contributed by atoms with van der Waals surface area (Å²) in [5.74, 6) is 1.41. The van der Waals surface area contributed by atoms with Crippen molar-refractivity contribution in [2.75, 3.05) is 19.7 Å². The van der Waals surface area contributed by atoms with Crippen molar-refractivity contribution in [1.82, 2.24) is 5.32 Å². The van der Waals surface area contributed by atoms with Crippen molar-refractivity contribution in [3.05, 3.63) is 59.1 Å². The zero-order valence-corrected chi connectivity index (χ0v) is 15.5. The fourth-order valence-corrected chi connectivity index (χ4v) is 2.87. The maximum atomic E-state index is 10.9. The minimum Gasteiger partial charge on any atom is -0.468 e. The Labute approximate surface area is 158 Å². The molecule has 1 saturated heterocycles. The van der Waals surface area contributed by atoms with Crippen molar-refractivity contribution in [3.8, 4) is 11.5 Å². The third-order valence-corrected chi connectivity index (χ3v) is 4.35. The van der Waals surface area contributed by atoms with Crippen LogP contribution in [0.15, 0.2) is 48.5 Å². The highest BCUT2D eigenvalue weighted by Crippen LogP contribution is 2.38. The SMILES string of the molecule is CCOC=O.OC1(c2ccccc2Oc2ccc(Cl)cc2)CCNCC1. The minimum atomic E-state index is -0.825. The molecule has 0 amide bonds. The quantitative estimate of drug-likeness (QED) is 0.774. The molecule has 2 aromatic carbocycles. The van der Waals surface area contributed by atoms with Gasteiger partial charge in [0.05, 0.1) is 12.2 Å². The molecule has 0 bridgehead atoms. The third-order valence-electron chi connectivity index (χ3n) is 4.10. The zero-order valence-electron chi connectivity index (χ0n) is 14.8. The van der Waals surface area contributed by atoms with Gasteiger partial charge in [-0.2, -0.15) is 0 Å². The van der Waals surface area contributed by atoms with E-state index >= 15 is 0 Å². The highest BCUT2D eigenvalue weighted by molar-refractivity contribution is 6.30. The number of piperidine rings is 1. The Balaban J connectivity index is 0.000000431. The average Bonchev–Trinajstić information content (AvgIpc) is 2.66. The molecule has 0 unspecified atom stereocenters. The van der Waals surface area contributed by atoms with E-state index in [-0.39, 0.29) is 0 Å². The second-order valence-electron chi connectivity index (χ2n) is 5.89. The van der Waals surface area contributed by atoms with Crippen molar-refractivity contribution < 1.29 is 19.4 Å². The molecule has 0 aromatic heterocycles. The lowest BCUT2D eigenvalue weighted by Crippen LogP contribution is -2.39. The molecule has 140 valence electrons. The van der Waals surface area contributed by atoms with Gasteiger partial charge in [-0.1, -0.05) is 29.8 Å². The van der Waals surface area contributed by atoms with Crippen molar-refractivity contribution >= 4 is 18.1 Å². The van der Waals surface area contributed by atoms with Gasteiger partial charge in [0.25, 0.3) is 6.47 Å². The van der Waals surface area contributed by atoms with E-state index in [1.54, 1.807) is 19.1 Å². The van der Waals surface area contributed by atoms with Gasteiger partial charge in [-0.25, -0.2) is 0 Å². The summed E-state index contributed by atoms with van der Waals surface area (Å²) in [5, 5.41) is 14.8. The van der Waals surface area contributed by atoms with E-state index in [4.69, 9.17) is 16.3 Å². The largest absolute Gasteiger partial charge is 0.468 e. The Bertz CT molecular complexity index is 684. The molecular weight excluding hydrogens is 354 g/mol. The second-order valence-corrected chi connectivity index (χ2v) is 6.32. The first-order valence-corrected chi connectivity index (χ1v) is 8.98. The van der Waals surface area contributed by atoms with Gasteiger partial charge in [0.15, 0.2) is 0 Å². The van der Waals surface area contributed by atoms with Crippen LogP contribution in [0.4, 0.5) is 0 Å². The van der Waals surface area contributed by atoms with Crippen molar-refractivity contribution in [2.45, 2.75) is 25.4 Å². The Morgan fingerprint density at radius 2 is 1.81 bits per heavy atom.